The van der Waals surface area contributed by atoms with Gasteiger partial charge < -0.3 is 9.84 Å². The third kappa shape index (κ3) is 2.64. The molecule has 0 amide bonds. The van der Waals surface area contributed by atoms with Gasteiger partial charge in [0.05, 0.1) is 5.56 Å². The third-order valence-electron chi connectivity index (χ3n) is 6.72. The highest BCUT2D eigenvalue weighted by molar-refractivity contribution is 6.24. The Kier molecular flexibility index (Phi) is 3.41. The van der Waals surface area contributed by atoms with Gasteiger partial charge in [-0.2, -0.15) is 0 Å². The topological polar surface area (TPSA) is 46.5 Å². The summed E-state index contributed by atoms with van der Waals surface area (Å²) in [6, 6.07) is 2.79. The molecule has 6 rings (SSSR count). The summed E-state index contributed by atoms with van der Waals surface area (Å²) in [5, 5.41) is 9.20. The predicted octanol–water partition coefficient (Wildman–Crippen LogP) is 4.97. The number of ether oxygens (including phenoxy) is 1. The third-order valence-corrected chi connectivity index (χ3v) is 7.18. The molecule has 0 aliphatic heterocycles. The fourth-order valence-corrected chi connectivity index (χ4v) is 6.38. The van der Waals surface area contributed by atoms with E-state index in [-0.39, 0.29) is 16.5 Å². The van der Waals surface area contributed by atoms with Gasteiger partial charge in [0, 0.05) is 10.9 Å². The van der Waals surface area contributed by atoms with Crippen LogP contribution in [0, 0.1) is 23.6 Å². The molecule has 5 heteroatoms. The zero-order valence-electron chi connectivity index (χ0n) is 14.0. The first-order valence-electron chi connectivity index (χ1n) is 9.34. The Morgan fingerprint density at radius 3 is 2.44 bits per heavy atom. The molecule has 5 saturated carbocycles. The van der Waals surface area contributed by atoms with Gasteiger partial charge in [-0.1, -0.05) is 0 Å². The Labute approximate surface area is 151 Å². The summed E-state index contributed by atoms with van der Waals surface area (Å²) in [6.45, 7) is 0. The van der Waals surface area contributed by atoms with Gasteiger partial charge in [0.15, 0.2) is 0 Å². The highest BCUT2D eigenvalue weighted by Gasteiger charge is 2.55. The molecule has 4 bridgehead atoms. The molecule has 2 atom stereocenters. The van der Waals surface area contributed by atoms with Crippen molar-refractivity contribution in [1.29, 1.82) is 0 Å². The van der Waals surface area contributed by atoms with Crippen molar-refractivity contribution >= 4 is 17.6 Å². The molecular formula is C20H22ClFO3. The molecule has 2 unspecified atom stereocenters. The van der Waals surface area contributed by atoms with Crippen LogP contribution in [0.5, 0.6) is 5.75 Å². The highest BCUT2D eigenvalue weighted by Crippen LogP contribution is 2.59. The van der Waals surface area contributed by atoms with E-state index in [0.717, 1.165) is 50.5 Å². The predicted molar refractivity (Wildman–Crippen MR) is 91.9 cm³/mol. The van der Waals surface area contributed by atoms with E-state index in [1.165, 1.54) is 12.1 Å². The van der Waals surface area contributed by atoms with Crippen LogP contribution in [0.2, 0.25) is 0 Å². The first-order chi connectivity index (χ1) is 11.9. The van der Waals surface area contributed by atoms with Gasteiger partial charge in [-0.3, -0.25) is 0 Å². The maximum atomic E-state index is 14.3. The second kappa shape index (κ2) is 5.35. The molecule has 0 spiro atoms. The number of hydrogen-bond acceptors (Lipinski definition) is 2. The van der Waals surface area contributed by atoms with Gasteiger partial charge in [0.2, 0.25) is 0 Å². The smallest absolute Gasteiger partial charge is 0.338 e. The maximum Gasteiger partial charge on any atom is 0.338 e. The summed E-state index contributed by atoms with van der Waals surface area (Å²) in [5.74, 6) is 0.546. The minimum Gasteiger partial charge on any atom is -0.489 e. The summed E-state index contributed by atoms with van der Waals surface area (Å²) in [5.41, 5.74) is 0.618. The van der Waals surface area contributed by atoms with Crippen molar-refractivity contribution in [2.45, 2.75) is 61.8 Å². The van der Waals surface area contributed by atoms with Crippen LogP contribution in [0.3, 0.4) is 0 Å². The normalized spacial score (nSPS) is 38.8. The van der Waals surface area contributed by atoms with Gasteiger partial charge in [-0.25, -0.2) is 9.18 Å². The van der Waals surface area contributed by atoms with Crippen LogP contribution in [0.4, 0.5) is 4.39 Å². The lowest BCUT2D eigenvalue weighted by Gasteiger charge is -2.57. The van der Waals surface area contributed by atoms with Crippen molar-refractivity contribution < 1.29 is 19.0 Å². The molecule has 1 aromatic rings. The molecular weight excluding hydrogens is 343 g/mol. The number of alkyl halides is 1. The lowest BCUT2D eigenvalue weighted by atomic mass is 9.54. The fourth-order valence-electron chi connectivity index (χ4n) is 5.77. The average Bonchev–Trinajstić information content (AvgIpc) is 3.33. The number of rotatable bonds is 4. The minimum absolute atomic E-state index is 0.0475. The molecule has 0 aromatic heterocycles. The van der Waals surface area contributed by atoms with Crippen LogP contribution in [0.25, 0.3) is 0 Å². The van der Waals surface area contributed by atoms with Crippen molar-refractivity contribution in [3.8, 4) is 5.75 Å². The second-order valence-electron chi connectivity index (χ2n) is 8.65. The number of carboxylic acids is 1. The van der Waals surface area contributed by atoms with Crippen molar-refractivity contribution in [3.63, 3.8) is 0 Å². The van der Waals surface area contributed by atoms with E-state index >= 15 is 0 Å². The molecule has 0 radical (unpaired) electrons. The lowest BCUT2D eigenvalue weighted by Crippen LogP contribution is -2.56. The number of benzene rings is 1. The van der Waals surface area contributed by atoms with Crippen LogP contribution in [0.1, 0.15) is 66.8 Å². The summed E-state index contributed by atoms with van der Waals surface area (Å²) >= 11 is 6.79. The molecule has 5 aliphatic rings. The Morgan fingerprint density at radius 2 is 1.88 bits per heavy atom. The molecule has 5 fully saturated rings. The molecule has 25 heavy (non-hydrogen) atoms. The monoisotopic (exact) mass is 364 g/mol. The zero-order valence-corrected chi connectivity index (χ0v) is 14.8. The van der Waals surface area contributed by atoms with Crippen LogP contribution in [-0.4, -0.2) is 22.1 Å². The van der Waals surface area contributed by atoms with Crippen LogP contribution in [0.15, 0.2) is 12.1 Å². The van der Waals surface area contributed by atoms with Crippen LogP contribution >= 0.6 is 11.6 Å². The van der Waals surface area contributed by atoms with Gasteiger partial charge >= 0.3 is 5.97 Å². The van der Waals surface area contributed by atoms with E-state index in [9.17, 15) is 14.3 Å². The number of aromatic carboxylic acids is 1. The summed E-state index contributed by atoms with van der Waals surface area (Å²) < 4.78 is 20.6. The quantitative estimate of drug-likeness (QED) is 0.767. The average molecular weight is 365 g/mol. The first-order valence-corrected chi connectivity index (χ1v) is 9.72. The van der Waals surface area contributed by atoms with E-state index in [1.54, 1.807) is 0 Å². The van der Waals surface area contributed by atoms with Crippen LogP contribution in [-0.2, 0) is 0 Å². The fraction of sp³-hybridized carbons (Fsp3) is 0.650. The van der Waals surface area contributed by atoms with Crippen molar-refractivity contribution in [3.05, 3.63) is 29.1 Å². The lowest BCUT2D eigenvalue weighted by molar-refractivity contribution is -0.0700. The van der Waals surface area contributed by atoms with Crippen molar-refractivity contribution in [2.75, 3.05) is 0 Å². The van der Waals surface area contributed by atoms with Gasteiger partial charge in [0.25, 0.3) is 0 Å². The molecule has 0 heterocycles. The number of hydrogen-bond donors (Lipinski definition) is 1. The number of carbonyl (C=O) groups is 1. The van der Waals surface area contributed by atoms with E-state index in [0.29, 0.717) is 29.4 Å². The Hall–Kier alpha value is -1.29. The molecule has 5 aliphatic carbocycles. The van der Waals surface area contributed by atoms with Crippen molar-refractivity contribution in [1.82, 2.24) is 0 Å². The van der Waals surface area contributed by atoms with E-state index in [2.05, 4.69) is 0 Å². The standard InChI is InChI=1S/C20H22ClFO3/c21-20-7-10-3-12(8-20)18(13(4-10)9-20)25-17-6-16(22)15(19(23)24)5-14(17)11-1-2-11/h5-6,10-13,18H,1-4,7-9H2,(H,23,24). The van der Waals surface area contributed by atoms with E-state index in [4.69, 9.17) is 16.3 Å². The van der Waals surface area contributed by atoms with Gasteiger partial charge in [0.1, 0.15) is 17.7 Å². The minimum atomic E-state index is -1.22. The summed E-state index contributed by atoms with van der Waals surface area (Å²) in [6.07, 6.45) is 7.55. The van der Waals surface area contributed by atoms with Gasteiger partial charge in [-0.05, 0) is 80.2 Å². The Bertz CT molecular complexity index is 729. The highest BCUT2D eigenvalue weighted by atomic mass is 35.5. The number of halogens is 2. The Morgan fingerprint density at radius 1 is 1.20 bits per heavy atom. The molecule has 134 valence electrons. The van der Waals surface area contributed by atoms with Gasteiger partial charge in [-0.15, -0.1) is 11.6 Å². The van der Waals surface area contributed by atoms with E-state index in [1.807, 2.05) is 0 Å². The molecule has 3 nitrogen and oxygen atoms in total. The first kappa shape index (κ1) is 15.9. The van der Waals surface area contributed by atoms with E-state index < -0.39 is 11.8 Å². The molecule has 1 N–H and O–H groups in total. The Balaban J connectivity index is 1.46. The second-order valence-corrected chi connectivity index (χ2v) is 9.45. The SMILES string of the molecule is O=C(O)c1cc(C2CC2)c(OC2C3CC4CC2CC(Cl)(C4)C3)cc1F. The largest absolute Gasteiger partial charge is 0.489 e. The molecule has 1 aromatic carbocycles. The zero-order chi connectivity index (χ0) is 17.3. The number of carboxylic acid groups (broad SMARTS) is 1. The summed E-state index contributed by atoms with van der Waals surface area (Å²) in [4.78, 5) is 11.2. The molecule has 0 saturated heterocycles. The maximum absolute atomic E-state index is 14.3. The summed E-state index contributed by atoms with van der Waals surface area (Å²) in [7, 11) is 0. The van der Waals surface area contributed by atoms with Crippen LogP contribution < -0.4 is 4.74 Å². The van der Waals surface area contributed by atoms with Crippen molar-refractivity contribution in [2.24, 2.45) is 17.8 Å².